The predicted molar refractivity (Wildman–Crippen MR) is 80.0 cm³/mol. The minimum Gasteiger partial charge on any atom is -0.484 e. The molecule has 0 atom stereocenters. The molecule has 1 aliphatic rings. The number of hydrogen-bond donors (Lipinski definition) is 0. The molecule has 2 rings (SSSR count). The van der Waals surface area contributed by atoms with E-state index in [1.54, 1.807) is 29.2 Å². The fourth-order valence-corrected chi connectivity index (χ4v) is 3.26. The van der Waals surface area contributed by atoms with Crippen LogP contribution in [-0.2, 0) is 4.79 Å². The molecule has 1 aromatic rings. The summed E-state index contributed by atoms with van der Waals surface area (Å²) in [5, 5.41) is 0.658. The van der Waals surface area contributed by atoms with Gasteiger partial charge in [-0.2, -0.15) is 0 Å². The number of carbonyl (C=O) groups is 1. The fourth-order valence-electron chi connectivity index (χ4n) is 2.08. The lowest BCUT2D eigenvalue weighted by Crippen LogP contribution is -2.39. The van der Waals surface area contributed by atoms with Gasteiger partial charge in [-0.25, -0.2) is 0 Å². The van der Waals surface area contributed by atoms with Crippen molar-refractivity contribution in [1.82, 2.24) is 4.90 Å². The Morgan fingerprint density at radius 3 is 2.63 bits per heavy atom. The van der Waals surface area contributed by atoms with Crippen molar-refractivity contribution >= 4 is 33.4 Å². The topological polar surface area (TPSA) is 29.5 Å². The molecule has 0 aliphatic heterocycles. The van der Waals surface area contributed by atoms with E-state index in [0.29, 0.717) is 21.5 Å². The Kier molecular flexibility index (Phi) is 5.11. The SMILES string of the molecule is CN(CC1CC(Br)C1)C(=O)COc1ccc(Cl)cc1. The molecule has 0 radical (unpaired) electrons. The maximum Gasteiger partial charge on any atom is 0.260 e. The van der Waals surface area contributed by atoms with Crippen LogP contribution < -0.4 is 4.74 Å². The Morgan fingerprint density at radius 1 is 1.42 bits per heavy atom. The monoisotopic (exact) mass is 345 g/mol. The summed E-state index contributed by atoms with van der Waals surface area (Å²) in [5.41, 5.74) is 0. The highest BCUT2D eigenvalue weighted by Gasteiger charge is 2.28. The number of rotatable bonds is 5. The maximum atomic E-state index is 11.9. The van der Waals surface area contributed by atoms with Gasteiger partial charge in [0.15, 0.2) is 6.61 Å². The van der Waals surface area contributed by atoms with E-state index >= 15 is 0 Å². The van der Waals surface area contributed by atoms with Gasteiger partial charge in [0.05, 0.1) is 0 Å². The molecule has 0 spiro atoms. The van der Waals surface area contributed by atoms with Crippen LogP contribution in [0.15, 0.2) is 24.3 Å². The summed E-state index contributed by atoms with van der Waals surface area (Å²) in [7, 11) is 1.83. The van der Waals surface area contributed by atoms with Gasteiger partial charge in [0.1, 0.15) is 5.75 Å². The van der Waals surface area contributed by atoms with Crippen LogP contribution in [0.5, 0.6) is 5.75 Å². The zero-order chi connectivity index (χ0) is 13.8. The van der Waals surface area contributed by atoms with E-state index in [1.807, 2.05) is 7.05 Å². The van der Waals surface area contributed by atoms with Gasteiger partial charge in [-0.3, -0.25) is 4.79 Å². The van der Waals surface area contributed by atoms with Crippen LogP contribution in [0.4, 0.5) is 0 Å². The van der Waals surface area contributed by atoms with Gasteiger partial charge in [-0.05, 0) is 43.0 Å². The summed E-state index contributed by atoms with van der Waals surface area (Å²) < 4.78 is 5.44. The van der Waals surface area contributed by atoms with Crippen molar-refractivity contribution in [3.05, 3.63) is 29.3 Å². The summed E-state index contributed by atoms with van der Waals surface area (Å²) in [6.45, 7) is 0.882. The van der Waals surface area contributed by atoms with Crippen molar-refractivity contribution in [3.8, 4) is 5.75 Å². The molecule has 1 fully saturated rings. The van der Waals surface area contributed by atoms with E-state index in [1.165, 1.54) is 0 Å². The largest absolute Gasteiger partial charge is 0.484 e. The number of halogens is 2. The second-order valence-corrected chi connectivity index (χ2v) is 6.68. The molecule has 1 aromatic carbocycles. The van der Waals surface area contributed by atoms with Crippen LogP contribution in [0.2, 0.25) is 5.02 Å². The van der Waals surface area contributed by atoms with Crippen molar-refractivity contribution in [2.75, 3.05) is 20.2 Å². The van der Waals surface area contributed by atoms with Crippen molar-refractivity contribution < 1.29 is 9.53 Å². The van der Waals surface area contributed by atoms with Crippen LogP contribution >= 0.6 is 27.5 Å². The highest BCUT2D eigenvalue weighted by Crippen LogP contribution is 2.33. The first kappa shape index (κ1) is 14.7. The quantitative estimate of drug-likeness (QED) is 0.765. The number of likely N-dealkylation sites (N-methyl/N-ethyl adjacent to an activating group) is 1. The lowest BCUT2D eigenvalue weighted by Gasteiger charge is -2.34. The summed E-state index contributed by atoms with van der Waals surface area (Å²) in [6, 6.07) is 7.01. The van der Waals surface area contributed by atoms with Gasteiger partial charge in [-0.15, -0.1) is 0 Å². The van der Waals surface area contributed by atoms with Gasteiger partial charge < -0.3 is 9.64 Å². The third-order valence-electron chi connectivity index (χ3n) is 3.31. The second kappa shape index (κ2) is 6.62. The Bertz CT molecular complexity index is 432. The molecule has 3 nitrogen and oxygen atoms in total. The van der Waals surface area contributed by atoms with Gasteiger partial charge in [0, 0.05) is 23.4 Å². The smallest absolute Gasteiger partial charge is 0.260 e. The van der Waals surface area contributed by atoms with Crippen LogP contribution in [0.1, 0.15) is 12.8 Å². The Balaban J connectivity index is 1.72. The first-order valence-electron chi connectivity index (χ1n) is 6.31. The first-order chi connectivity index (χ1) is 9.04. The first-order valence-corrected chi connectivity index (χ1v) is 7.60. The lowest BCUT2D eigenvalue weighted by atomic mass is 9.85. The molecular weight excluding hydrogens is 330 g/mol. The molecule has 0 N–H and O–H groups in total. The average Bonchev–Trinajstić information content (AvgIpc) is 2.35. The molecule has 0 saturated heterocycles. The molecule has 1 amide bonds. The van der Waals surface area contributed by atoms with Crippen molar-refractivity contribution in [3.63, 3.8) is 0 Å². The molecule has 1 saturated carbocycles. The van der Waals surface area contributed by atoms with E-state index in [2.05, 4.69) is 15.9 Å². The Labute approximate surface area is 127 Å². The Morgan fingerprint density at radius 2 is 2.05 bits per heavy atom. The van der Waals surface area contributed by atoms with Gasteiger partial charge in [-0.1, -0.05) is 27.5 Å². The molecule has 5 heteroatoms. The number of hydrogen-bond acceptors (Lipinski definition) is 2. The van der Waals surface area contributed by atoms with Crippen LogP contribution in [0.25, 0.3) is 0 Å². The number of amides is 1. The summed E-state index contributed by atoms with van der Waals surface area (Å²) in [4.78, 5) is 14.3. The van der Waals surface area contributed by atoms with E-state index in [4.69, 9.17) is 16.3 Å². The fraction of sp³-hybridized carbons (Fsp3) is 0.500. The lowest BCUT2D eigenvalue weighted by molar-refractivity contribution is -0.132. The van der Waals surface area contributed by atoms with Crippen molar-refractivity contribution in [2.24, 2.45) is 5.92 Å². The Hall–Kier alpha value is -0.740. The minimum atomic E-state index is 0.00738. The van der Waals surface area contributed by atoms with E-state index in [-0.39, 0.29) is 12.5 Å². The molecule has 0 bridgehead atoms. The molecular formula is C14H17BrClNO2. The molecule has 1 aliphatic carbocycles. The number of ether oxygens (including phenoxy) is 1. The summed E-state index contributed by atoms with van der Waals surface area (Å²) >= 11 is 9.34. The summed E-state index contributed by atoms with van der Waals surface area (Å²) in [5.74, 6) is 1.29. The van der Waals surface area contributed by atoms with E-state index in [0.717, 1.165) is 19.4 Å². The summed E-state index contributed by atoms with van der Waals surface area (Å²) in [6.07, 6.45) is 2.30. The van der Waals surface area contributed by atoms with Gasteiger partial charge in [0.25, 0.3) is 5.91 Å². The third kappa shape index (κ3) is 4.39. The van der Waals surface area contributed by atoms with Crippen LogP contribution in [0.3, 0.4) is 0 Å². The van der Waals surface area contributed by atoms with Crippen molar-refractivity contribution in [2.45, 2.75) is 17.7 Å². The molecule has 104 valence electrons. The zero-order valence-electron chi connectivity index (χ0n) is 10.8. The molecule has 0 aromatic heterocycles. The minimum absolute atomic E-state index is 0.00738. The van der Waals surface area contributed by atoms with Gasteiger partial charge in [0.2, 0.25) is 0 Å². The highest BCUT2D eigenvalue weighted by atomic mass is 79.9. The van der Waals surface area contributed by atoms with Crippen LogP contribution in [0, 0.1) is 5.92 Å². The van der Waals surface area contributed by atoms with Crippen LogP contribution in [-0.4, -0.2) is 35.8 Å². The molecule has 0 unspecified atom stereocenters. The number of alkyl halides is 1. The van der Waals surface area contributed by atoms with Gasteiger partial charge >= 0.3 is 0 Å². The van der Waals surface area contributed by atoms with Crippen molar-refractivity contribution in [1.29, 1.82) is 0 Å². The number of nitrogens with zero attached hydrogens (tertiary/aromatic N) is 1. The predicted octanol–water partition coefficient (Wildman–Crippen LogP) is 3.35. The van der Waals surface area contributed by atoms with E-state index in [9.17, 15) is 4.79 Å². The number of benzene rings is 1. The highest BCUT2D eigenvalue weighted by molar-refractivity contribution is 9.09. The zero-order valence-corrected chi connectivity index (χ0v) is 13.2. The average molecular weight is 347 g/mol. The second-order valence-electron chi connectivity index (χ2n) is 4.95. The number of carbonyl (C=O) groups excluding carboxylic acids is 1. The third-order valence-corrected chi connectivity index (χ3v) is 4.31. The van der Waals surface area contributed by atoms with E-state index < -0.39 is 0 Å². The normalized spacial score (nSPS) is 21.6. The molecule has 0 heterocycles. The maximum absolute atomic E-state index is 11.9. The molecule has 19 heavy (non-hydrogen) atoms. The standard InChI is InChI=1S/C14H17BrClNO2/c1-17(8-10-6-11(15)7-10)14(18)9-19-13-4-2-12(16)3-5-13/h2-5,10-11H,6-9H2,1H3.